The molecule has 1 N–H and O–H groups in total. The standard InChI is InChI=1S/C21H26O3/c1-20(2,3)14-10-15(21(4,5)6)19(16(22)11-14)13-7-8-17-18(9-13)24-12-23-17/h7-11,22H,12H2,1-6H3. The SMILES string of the molecule is CC(C)(C)c1cc(O)c(-c2ccc3c(c2)OCO3)c(C(C)(C)C)c1. The molecule has 128 valence electrons. The Morgan fingerprint density at radius 3 is 2.12 bits per heavy atom. The number of rotatable bonds is 1. The van der Waals surface area contributed by atoms with E-state index in [9.17, 15) is 5.11 Å². The van der Waals surface area contributed by atoms with Crippen LogP contribution in [-0.2, 0) is 10.8 Å². The van der Waals surface area contributed by atoms with Gasteiger partial charge in [0.2, 0.25) is 6.79 Å². The molecular formula is C21H26O3. The van der Waals surface area contributed by atoms with Gasteiger partial charge in [-0.05, 0) is 45.7 Å². The maximum Gasteiger partial charge on any atom is 0.231 e. The second-order valence-electron chi connectivity index (χ2n) is 8.49. The topological polar surface area (TPSA) is 38.7 Å². The van der Waals surface area contributed by atoms with Gasteiger partial charge in [0, 0.05) is 5.56 Å². The molecule has 2 aromatic carbocycles. The van der Waals surface area contributed by atoms with E-state index in [2.05, 4.69) is 47.6 Å². The second-order valence-corrected chi connectivity index (χ2v) is 8.49. The molecule has 0 saturated heterocycles. The first-order valence-corrected chi connectivity index (χ1v) is 8.35. The van der Waals surface area contributed by atoms with Gasteiger partial charge in [0.1, 0.15) is 5.75 Å². The van der Waals surface area contributed by atoms with E-state index in [0.717, 1.165) is 33.8 Å². The molecule has 1 aliphatic rings. The van der Waals surface area contributed by atoms with Gasteiger partial charge in [0.25, 0.3) is 0 Å². The Labute approximate surface area is 144 Å². The number of hydrogen-bond donors (Lipinski definition) is 1. The molecule has 1 heterocycles. The van der Waals surface area contributed by atoms with Crippen molar-refractivity contribution in [1.29, 1.82) is 0 Å². The highest BCUT2D eigenvalue weighted by Crippen LogP contribution is 2.44. The van der Waals surface area contributed by atoms with Gasteiger partial charge >= 0.3 is 0 Å². The number of fused-ring (bicyclic) bond motifs is 1. The summed E-state index contributed by atoms with van der Waals surface area (Å²) in [6.45, 7) is 13.2. The molecule has 0 fully saturated rings. The zero-order chi connectivity index (χ0) is 17.7. The van der Waals surface area contributed by atoms with Crippen LogP contribution in [-0.4, -0.2) is 11.9 Å². The van der Waals surface area contributed by atoms with E-state index in [1.54, 1.807) is 0 Å². The minimum Gasteiger partial charge on any atom is -0.507 e. The lowest BCUT2D eigenvalue weighted by Crippen LogP contribution is -2.17. The van der Waals surface area contributed by atoms with Crippen molar-refractivity contribution in [3.8, 4) is 28.4 Å². The molecule has 24 heavy (non-hydrogen) atoms. The van der Waals surface area contributed by atoms with Crippen LogP contribution in [0.25, 0.3) is 11.1 Å². The fourth-order valence-electron chi connectivity index (χ4n) is 3.01. The number of phenols is 1. The van der Waals surface area contributed by atoms with Crippen molar-refractivity contribution in [1.82, 2.24) is 0 Å². The van der Waals surface area contributed by atoms with Gasteiger partial charge in [-0.3, -0.25) is 0 Å². The quantitative estimate of drug-likeness (QED) is 0.764. The molecule has 0 saturated carbocycles. The average molecular weight is 326 g/mol. The average Bonchev–Trinajstić information content (AvgIpc) is 2.91. The van der Waals surface area contributed by atoms with Crippen LogP contribution in [0.15, 0.2) is 30.3 Å². The van der Waals surface area contributed by atoms with E-state index >= 15 is 0 Å². The number of ether oxygens (including phenoxy) is 2. The molecule has 0 amide bonds. The minimum atomic E-state index is -0.0928. The normalized spacial score (nSPS) is 14.1. The molecule has 0 radical (unpaired) electrons. The van der Waals surface area contributed by atoms with Crippen molar-refractivity contribution in [2.45, 2.75) is 52.4 Å². The molecule has 0 bridgehead atoms. The molecule has 3 heteroatoms. The molecule has 1 aliphatic heterocycles. The monoisotopic (exact) mass is 326 g/mol. The zero-order valence-electron chi connectivity index (χ0n) is 15.4. The van der Waals surface area contributed by atoms with Crippen LogP contribution in [0.5, 0.6) is 17.2 Å². The summed E-state index contributed by atoms with van der Waals surface area (Å²) in [5.41, 5.74) is 3.96. The molecule has 0 aliphatic carbocycles. The molecule has 2 aromatic rings. The highest BCUT2D eigenvalue weighted by atomic mass is 16.7. The summed E-state index contributed by atoms with van der Waals surface area (Å²) in [5.74, 6) is 1.79. The summed E-state index contributed by atoms with van der Waals surface area (Å²) in [6, 6.07) is 9.94. The first kappa shape index (κ1) is 16.7. The number of benzene rings is 2. The summed E-state index contributed by atoms with van der Waals surface area (Å²) in [6.07, 6.45) is 0. The predicted molar refractivity (Wildman–Crippen MR) is 97.1 cm³/mol. The molecule has 0 spiro atoms. The second kappa shape index (κ2) is 5.44. The Morgan fingerprint density at radius 2 is 1.50 bits per heavy atom. The summed E-state index contributed by atoms with van der Waals surface area (Å²) in [4.78, 5) is 0. The lowest BCUT2D eigenvalue weighted by atomic mass is 9.77. The zero-order valence-corrected chi connectivity index (χ0v) is 15.4. The summed E-state index contributed by atoms with van der Waals surface area (Å²) in [5, 5.41) is 10.8. The molecule has 3 rings (SSSR count). The van der Waals surface area contributed by atoms with Crippen LogP contribution < -0.4 is 9.47 Å². The maximum atomic E-state index is 10.8. The molecular weight excluding hydrogens is 300 g/mol. The Morgan fingerprint density at radius 1 is 0.833 bits per heavy atom. The van der Waals surface area contributed by atoms with Gasteiger partial charge < -0.3 is 14.6 Å². The summed E-state index contributed by atoms with van der Waals surface area (Å²) < 4.78 is 10.9. The van der Waals surface area contributed by atoms with Crippen LogP contribution >= 0.6 is 0 Å². The van der Waals surface area contributed by atoms with Gasteiger partial charge in [-0.1, -0.05) is 53.7 Å². The van der Waals surface area contributed by atoms with Crippen LogP contribution in [0.2, 0.25) is 0 Å². The van der Waals surface area contributed by atoms with Crippen LogP contribution in [0, 0.1) is 0 Å². The number of hydrogen-bond acceptors (Lipinski definition) is 3. The lowest BCUT2D eigenvalue weighted by molar-refractivity contribution is 0.174. The molecule has 0 atom stereocenters. The van der Waals surface area contributed by atoms with Crippen LogP contribution in [0.3, 0.4) is 0 Å². The van der Waals surface area contributed by atoms with Gasteiger partial charge in [-0.15, -0.1) is 0 Å². The third kappa shape index (κ3) is 2.95. The Hall–Kier alpha value is -2.16. The van der Waals surface area contributed by atoms with Gasteiger partial charge in [0.15, 0.2) is 11.5 Å². The van der Waals surface area contributed by atoms with Crippen molar-refractivity contribution in [2.24, 2.45) is 0 Å². The van der Waals surface area contributed by atoms with Crippen molar-refractivity contribution < 1.29 is 14.6 Å². The molecule has 0 unspecified atom stereocenters. The minimum absolute atomic E-state index is 0.0229. The summed E-state index contributed by atoms with van der Waals surface area (Å²) >= 11 is 0. The van der Waals surface area contributed by atoms with Gasteiger partial charge in [-0.2, -0.15) is 0 Å². The van der Waals surface area contributed by atoms with E-state index in [1.807, 2.05) is 24.3 Å². The third-order valence-corrected chi connectivity index (χ3v) is 4.45. The largest absolute Gasteiger partial charge is 0.507 e. The third-order valence-electron chi connectivity index (χ3n) is 4.45. The van der Waals surface area contributed by atoms with Crippen molar-refractivity contribution in [3.05, 3.63) is 41.5 Å². The maximum absolute atomic E-state index is 10.8. The summed E-state index contributed by atoms with van der Waals surface area (Å²) in [7, 11) is 0. The van der Waals surface area contributed by atoms with E-state index in [4.69, 9.17) is 9.47 Å². The molecule has 3 nitrogen and oxygen atoms in total. The number of phenolic OH excluding ortho intramolecular Hbond substituents is 1. The van der Waals surface area contributed by atoms with Crippen molar-refractivity contribution >= 4 is 0 Å². The van der Waals surface area contributed by atoms with E-state index in [-0.39, 0.29) is 17.6 Å². The Bertz CT molecular complexity index is 777. The molecule has 0 aromatic heterocycles. The fraction of sp³-hybridized carbons (Fsp3) is 0.429. The van der Waals surface area contributed by atoms with Crippen LogP contribution in [0.1, 0.15) is 52.7 Å². The highest BCUT2D eigenvalue weighted by molar-refractivity contribution is 5.77. The van der Waals surface area contributed by atoms with Gasteiger partial charge in [-0.25, -0.2) is 0 Å². The first-order valence-electron chi connectivity index (χ1n) is 8.35. The lowest BCUT2D eigenvalue weighted by Gasteiger charge is -2.28. The van der Waals surface area contributed by atoms with Crippen molar-refractivity contribution in [2.75, 3.05) is 6.79 Å². The fourth-order valence-corrected chi connectivity index (χ4v) is 3.01. The Balaban J connectivity index is 2.24. The Kier molecular flexibility index (Phi) is 3.78. The van der Waals surface area contributed by atoms with E-state index in [1.165, 1.54) is 0 Å². The smallest absolute Gasteiger partial charge is 0.231 e. The van der Waals surface area contributed by atoms with Crippen LogP contribution in [0.4, 0.5) is 0 Å². The van der Waals surface area contributed by atoms with E-state index in [0.29, 0.717) is 5.75 Å². The predicted octanol–water partition coefficient (Wildman–Crippen LogP) is 5.38. The first-order chi connectivity index (χ1) is 11.1. The number of aromatic hydroxyl groups is 1. The van der Waals surface area contributed by atoms with Crippen molar-refractivity contribution in [3.63, 3.8) is 0 Å². The van der Waals surface area contributed by atoms with E-state index < -0.39 is 0 Å². The highest BCUT2D eigenvalue weighted by Gasteiger charge is 2.26. The van der Waals surface area contributed by atoms with Gasteiger partial charge in [0.05, 0.1) is 0 Å².